The highest BCUT2D eigenvalue weighted by atomic mass is 14.8. The maximum Gasteiger partial charge on any atom is -0.00489 e. The third-order valence-electron chi connectivity index (χ3n) is 6.82. The Hall–Kier alpha value is -0.0400. The second-order valence-electron chi connectivity index (χ2n) is 8.92. The molecule has 2 rings (SSSR count). The molecule has 2 fully saturated rings. The molecule has 0 aromatic carbocycles. The fourth-order valence-corrected chi connectivity index (χ4v) is 5.21. The first kappa shape index (κ1) is 20.3. The monoisotopic (exact) mass is 335 g/mol. The maximum absolute atomic E-state index is 3.62. The van der Waals surface area contributed by atoms with Crippen molar-refractivity contribution in [3.63, 3.8) is 0 Å². The molecule has 1 aliphatic heterocycles. The summed E-state index contributed by atoms with van der Waals surface area (Å²) in [6, 6.07) is 0. The van der Waals surface area contributed by atoms with Crippen molar-refractivity contribution in [2.24, 2.45) is 17.8 Å². The van der Waals surface area contributed by atoms with Crippen LogP contribution in [0.2, 0.25) is 0 Å². The zero-order chi connectivity index (χ0) is 16.9. The summed E-state index contributed by atoms with van der Waals surface area (Å²) in [4.78, 5) is 0. The van der Waals surface area contributed by atoms with Crippen LogP contribution in [0.5, 0.6) is 0 Å². The molecule has 0 spiro atoms. The van der Waals surface area contributed by atoms with Gasteiger partial charge in [-0.25, -0.2) is 0 Å². The molecular weight excluding hydrogens is 290 g/mol. The van der Waals surface area contributed by atoms with Gasteiger partial charge < -0.3 is 5.32 Å². The molecule has 3 atom stereocenters. The van der Waals surface area contributed by atoms with Crippen LogP contribution in [0, 0.1) is 17.8 Å². The fourth-order valence-electron chi connectivity index (χ4n) is 5.21. The Morgan fingerprint density at radius 2 is 1.08 bits per heavy atom. The van der Waals surface area contributed by atoms with Crippen LogP contribution in [0.15, 0.2) is 0 Å². The van der Waals surface area contributed by atoms with Gasteiger partial charge in [0.25, 0.3) is 0 Å². The van der Waals surface area contributed by atoms with Crippen LogP contribution in [0.3, 0.4) is 0 Å². The molecule has 1 nitrogen and oxygen atoms in total. The minimum Gasteiger partial charge on any atom is -0.317 e. The van der Waals surface area contributed by atoms with Crippen LogP contribution >= 0.6 is 0 Å². The van der Waals surface area contributed by atoms with Gasteiger partial charge >= 0.3 is 0 Å². The molecule has 1 aliphatic carbocycles. The molecule has 1 saturated carbocycles. The lowest BCUT2D eigenvalue weighted by Crippen LogP contribution is -2.16. The Bertz CT molecular complexity index is 276. The van der Waals surface area contributed by atoms with E-state index in [0.29, 0.717) is 0 Å². The summed E-state index contributed by atoms with van der Waals surface area (Å²) >= 11 is 0. The largest absolute Gasteiger partial charge is 0.317 e. The van der Waals surface area contributed by atoms with E-state index in [-0.39, 0.29) is 0 Å². The summed E-state index contributed by atoms with van der Waals surface area (Å²) in [6.45, 7) is 4.95. The smallest absolute Gasteiger partial charge is 0.00489 e. The highest BCUT2D eigenvalue weighted by Crippen LogP contribution is 2.34. The fraction of sp³-hybridized carbons (Fsp3) is 1.00. The maximum atomic E-state index is 3.62. The van der Waals surface area contributed by atoms with E-state index >= 15 is 0 Å². The molecule has 2 aliphatic rings. The SMILES string of the molecule is CCC1CCCCCCCC(CC2CCCCCNCCCC2)C1. The summed E-state index contributed by atoms with van der Waals surface area (Å²) in [5, 5.41) is 3.62. The molecular formula is C23H45N. The molecule has 0 radical (unpaired) electrons. The predicted octanol–water partition coefficient (Wildman–Crippen LogP) is 7.10. The van der Waals surface area contributed by atoms with Crippen molar-refractivity contribution in [2.45, 2.75) is 116 Å². The van der Waals surface area contributed by atoms with Gasteiger partial charge in [0, 0.05) is 0 Å². The minimum atomic E-state index is 1.03. The molecule has 24 heavy (non-hydrogen) atoms. The lowest BCUT2D eigenvalue weighted by molar-refractivity contribution is 0.242. The van der Waals surface area contributed by atoms with Gasteiger partial charge in [-0.1, -0.05) is 90.4 Å². The second kappa shape index (κ2) is 13.2. The average Bonchev–Trinajstić information content (AvgIpc) is 2.66. The van der Waals surface area contributed by atoms with Crippen LogP contribution in [0.4, 0.5) is 0 Å². The van der Waals surface area contributed by atoms with Crippen molar-refractivity contribution in [2.75, 3.05) is 13.1 Å². The van der Waals surface area contributed by atoms with E-state index in [9.17, 15) is 0 Å². The lowest BCUT2D eigenvalue weighted by atomic mass is 9.78. The molecule has 1 saturated heterocycles. The molecule has 142 valence electrons. The summed E-state index contributed by atoms with van der Waals surface area (Å²) in [5.41, 5.74) is 0. The summed E-state index contributed by atoms with van der Waals surface area (Å²) in [6.07, 6.45) is 25.3. The zero-order valence-corrected chi connectivity index (χ0v) is 16.7. The highest BCUT2D eigenvalue weighted by Gasteiger charge is 2.20. The van der Waals surface area contributed by atoms with E-state index in [1.54, 1.807) is 12.8 Å². The van der Waals surface area contributed by atoms with Gasteiger partial charge in [-0.3, -0.25) is 0 Å². The third-order valence-corrected chi connectivity index (χ3v) is 6.82. The summed E-state index contributed by atoms with van der Waals surface area (Å²) < 4.78 is 0. The highest BCUT2D eigenvalue weighted by molar-refractivity contribution is 4.73. The Morgan fingerprint density at radius 3 is 1.79 bits per heavy atom. The number of nitrogens with one attached hydrogen (secondary N) is 1. The van der Waals surface area contributed by atoms with E-state index in [1.165, 1.54) is 109 Å². The van der Waals surface area contributed by atoms with Gasteiger partial charge in [0.05, 0.1) is 0 Å². The van der Waals surface area contributed by atoms with Gasteiger partial charge in [-0.05, 0) is 56.5 Å². The zero-order valence-electron chi connectivity index (χ0n) is 16.7. The standard InChI is InChI=1S/C23H45N/c1-2-21-13-7-4-3-5-8-16-23(19-21)20-22-14-9-6-11-17-24-18-12-10-15-22/h21-24H,2-20H2,1H3. The molecule has 3 unspecified atom stereocenters. The van der Waals surface area contributed by atoms with Crippen LogP contribution in [-0.4, -0.2) is 13.1 Å². The van der Waals surface area contributed by atoms with Gasteiger partial charge in [0.2, 0.25) is 0 Å². The Morgan fingerprint density at radius 1 is 0.583 bits per heavy atom. The van der Waals surface area contributed by atoms with Gasteiger partial charge in [0.1, 0.15) is 0 Å². The van der Waals surface area contributed by atoms with E-state index in [2.05, 4.69) is 12.2 Å². The van der Waals surface area contributed by atoms with Crippen LogP contribution in [0.25, 0.3) is 0 Å². The number of hydrogen-bond acceptors (Lipinski definition) is 1. The van der Waals surface area contributed by atoms with Crippen LogP contribution in [-0.2, 0) is 0 Å². The van der Waals surface area contributed by atoms with Crippen LogP contribution < -0.4 is 5.32 Å². The van der Waals surface area contributed by atoms with Crippen LogP contribution in [0.1, 0.15) is 116 Å². The minimum absolute atomic E-state index is 1.03. The molecule has 0 aromatic rings. The van der Waals surface area contributed by atoms with Gasteiger partial charge in [0.15, 0.2) is 0 Å². The molecule has 0 bridgehead atoms. The van der Waals surface area contributed by atoms with Crippen molar-refractivity contribution in [1.82, 2.24) is 5.32 Å². The van der Waals surface area contributed by atoms with Gasteiger partial charge in [-0.15, -0.1) is 0 Å². The third kappa shape index (κ3) is 8.88. The normalized spacial score (nSPS) is 32.6. The predicted molar refractivity (Wildman–Crippen MR) is 108 cm³/mol. The van der Waals surface area contributed by atoms with E-state index in [0.717, 1.165) is 17.8 Å². The molecule has 0 amide bonds. The summed E-state index contributed by atoms with van der Waals surface area (Å²) in [5.74, 6) is 3.11. The second-order valence-corrected chi connectivity index (χ2v) is 8.92. The van der Waals surface area contributed by atoms with Crippen molar-refractivity contribution in [1.29, 1.82) is 0 Å². The molecule has 1 N–H and O–H groups in total. The summed E-state index contributed by atoms with van der Waals surface area (Å²) in [7, 11) is 0. The van der Waals surface area contributed by atoms with Crippen molar-refractivity contribution >= 4 is 0 Å². The average molecular weight is 336 g/mol. The first-order valence-electron chi connectivity index (χ1n) is 11.6. The first-order chi connectivity index (χ1) is 11.9. The first-order valence-corrected chi connectivity index (χ1v) is 11.6. The van der Waals surface area contributed by atoms with Crippen molar-refractivity contribution < 1.29 is 0 Å². The Kier molecular flexibility index (Phi) is 11.2. The lowest BCUT2D eigenvalue weighted by Gasteiger charge is -2.28. The Balaban J connectivity index is 1.84. The topological polar surface area (TPSA) is 12.0 Å². The Labute approximate surface area is 152 Å². The van der Waals surface area contributed by atoms with Crippen molar-refractivity contribution in [3.05, 3.63) is 0 Å². The molecule has 0 aromatic heterocycles. The molecule has 1 heterocycles. The quantitative estimate of drug-likeness (QED) is 0.579. The van der Waals surface area contributed by atoms with E-state index in [4.69, 9.17) is 0 Å². The number of hydrogen-bond donors (Lipinski definition) is 1. The van der Waals surface area contributed by atoms with Gasteiger partial charge in [-0.2, -0.15) is 0 Å². The molecule has 1 heteroatoms. The number of rotatable bonds is 3. The van der Waals surface area contributed by atoms with Crippen molar-refractivity contribution in [3.8, 4) is 0 Å². The van der Waals surface area contributed by atoms with E-state index < -0.39 is 0 Å². The van der Waals surface area contributed by atoms with E-state index in [1.807, 2.05) is 0 Å².